The number of rotatable bonds is 8. The quantitative estimate of drug-likeness (QED) is 0.617. The molecule has 7 nitrogen and oxygen atoms in total. The van der Waals surface area contributed by atoms with Gasteiger partial charge in [0.2, 0.25) is 0 Å². The molecule has 162 valence electrons. The van der Waals surface area contributed by atoms with E-state index in [1.165, 1.54) is 12.3 Å². The Morgan fingerprint density at radius 1 is 1.33 bits per heavy atom. The Morgan fingerprint density at radius 2 is 2.07 bits per heavy atom. The first-order valence-electron chi connectivity index (χ1n) is 9.74. The summed E-state index contributed by atoms with van der Waals surface area (Å²) in [5.74, 6) is -0.736. The second kappa shape index (κ2) is 8.79. The summed E-state index contributed by atoms with van der Waals surface area (Å²) in [6.45, 7) is 4.91. The zero-order valence-corrected chi connectivity index (χ0v) is 18.0. The number of methoxy groups -OCH3 is 1. The van der Waals surface area contributed by atoms with Crippen LogP contribution < -0.4 is 10.2 Å². The molecule has 0 aliphatic carbocycles. The molecule has 8 heteroatoms. The van der Waals surface area contributed by atoms with Crippen LogP contribution in [0.3, 0.4) is 0 Å². The van der Waals surface area contributed by atoms with Crippen LogP contribution in [0.1, 0.15) is 42.2 Å². The number of pyridine rings is 1. The molecule has 3 rings (SSSR count). The molecule has 1 atom stereocenters. The molecule has 1 aromatic heterocycles. The minimum absolute atomic E-state index is 0.0258. The van der Waals surface area contributed by atoms with Crippen LogP contribution in [0.15, 0.2) is 29.2 Å². The first-order valence-corrected chi connectivity index (χ1v) is 10.1. The van der Waals surface area contributed by atoms with Gasteiger partial charge in [-0.1, -0.05) is 25.4 Å². The molecule has 0 amide bonds. The Morgan fingerprint density at radius 3 is 2.70 bits per heavy atom. The van der Waals surface area contributed by atoms with Crippen LogP contribution in [-0.4, -0.2) is 47.7 Å². The average Bonchev–Trinajstić information content (AvgIpc) is 2.67. The van der Waals surface area contributed by atoms with E-state index < -0.39 is 11.4 Å². The van der Waals surface area contributed by atoms with Crippen molar-refractivity contribution in [2.75, 3.05) is 26.9 Å². The highest BCUT2D eigenvalue weighted by molar-refractivity contribution is 6.32. The van der Waals surface area contributed by atoms with Crippen molar-refractivity contribution in [2.24, 2.45) is 5.41 Å². The van der Waals surface area contributed by atoms with Gasteiger partial charge in [-0.15, -0.1) is 0 Å². The maximum Gasteiger partial charge on any atom is 0.341 e. The molecule has 0 radical (unpaired) electrons. The molecule has 2 N–H and O–H groups in total. The topological polar surface area (TPSA) is 98.0 Å². The predicted molar refractivity (Wildman–Crippen MR) is 114 cm³/mol. The van der Waals surface area contributed by atoms with Crippen molar-refractivity contribution in [3.63, 3.8) is 0 Å². The molecular weight excluding hydrogens is 410 g/mol. The van der Waals surface area contributed by atoms with Crippen molar-refractivity contribution in [2.45, 2.75) is 32.7 Å². The number of aromatic nitrogens is 1. The maximum absolute atomic E-state index is 12.5. The summed E-state index contributed by atoms with van der Waals surface area (Å²) in [6, 6.07) is 4.82. The van der Waals surface area contributed by atoms with E-state index in [1.54, 1.807) is 13.2 Å². The lowest BCUT2D eigenvalue weighted by atomic mass is 9.78. The third-order valence-electron chi connectivity index (χ3n) is 5.47. The Hall–Kier alpha value is -2.35. The summed E-state index contributed by atoms with van der Waals surface area (Å²) in [5.41, 5.74) is 1.18. The van der Waals surface area contributed by atoms with Gasteiger partial charge in [-0.05, 0) is 24.1 Å². The van der Waals surface area contributed by atoms with Gasteiger partial charge in [-0.25, -0.2) is 4.79 Å². The van der Waals surface area contributed by atoms with Crippen LogP contribution in [-0.2, 0) is 11.2 Å². The number of aliphatic hydroxyl groups is 1. The number of nitrogens with zero attached hydrogens (tertiary/aromatic N) is 1. The van der Waals surface area contributed by atoms with Gasteiger partial charge in [0.05, 0.1) is 23.9 Å². The smallest absolute Gasteiger partial charge is 0.341 e. The first kappa shape index (κ1) is 22.3. The monoisotopic (exact) mass is 435 g/mol. The maximum atomic E-state index is 12.5. The predicted octanol–water partition coefficient (Wildman–Crippen LogP) is 3.40. The number of aliphatic hydroxyl groups excluding tert-OH is 1. The van der Waals surface area contributed by atoms with Gasteiger partial charge in [0.25, 0.3) is 0 Å². The van der Waals surface area contributed by atoms with Gasteiger partial charge in [0, 0.05) is 49.4 Å². The lowest BCUT2D eigenvalue weighted by Crippen LogP contribution is -2.37. The molecule has 0 saturated carbocycles. The fourth-order valence-corrected chi connectivity index (χ4v) is 4.19. The average molecular weight is 436 g/mol. The number of hydrogen-bond acceptors (Lipinski definition) is 5. The number of carbonyl (C=O) groups is 1. The highest BCUT2D eigenvalue weighted by Crippen LogP contribution is 2.45. The van der Waals surface area contributed by atoms with Gasteiger partial charge in [0.1, 0.15) is 11.3 Å². The third-order valence-corrected chi connectivity index (χ3v) is 5.77. The van der Waals surface area contributed by atoms with Crippen LogP contribution in [0.5, 0.6) is 5.75 Å². The van der Waals surface area contributed by atoms with Gasteiger partial charge in [-0.2, -0.15) is 0 Å². The normalized spacial score (nSPS) is 15.4. The molecule has 2 heterocycles. The van der Waals surface area contributed by atoms with E-state index in [1.807, 2.05) is 24.5 Å². The standard InChI is InChI=1S/C22H26ClNO6/c1-22(2,12-29-3)20-8-13-7-19(30-6-4-5-25)16(23)9-14(13)17-10-18(26)15(21(27)28)11-24(17)20/h7,9-11,20,25H,4-6,8,12H2,1-3H3,(H,27,28)/t20-/m0/s1. The summed E-state index contributed by atoms with van der Waals surface area (Å²) >= 11 is 6.42. The number of carboxylic acids is 1. The summed E-state index contributed by atoms with van der Waals surface area (Å²) in [6.07, 6.45) is 2.51. The number of ether oxygens (including phenoxy) is 2. The largest absolute Gasteiger partial charge is 0.492 e. The van der Waals surface area contributed by atoms with E-state index in [0.29, 0.717) is 42.5 Å². The third kappa shape index (κ3) is 4.24. The Bertz CT molecular complexity index is 1010. The minimum atomic E-state index is -1.25. The van der Waals surface area contributed by atoms with Crippen molar-refractivity contribution in [3.05, 3.63) is 50.8 Å². The van der Waals surface area contributed by atoms with Crippen molar-refractivity contribution in [1.82, 2.24) is 4.57 Å². The van der Waals surface area contributed by atoms with Crippen LogP contribution in [0.25, 0.3) is 11.3 Å². The second-order valence-corrected chi connectivity index (χ2v) is 8.56. The van der Waals surface area contributed by atoms with Crippen LogP contribution in [0.4, 0.5) is 0 Å². The van der Waals surface area contributed by atoms with Gasteiger partial charge in [-0.3, -0.25) is 4.79 Å². The van der Waals surface area contributed by atoms with Gasteiger partial charge >= 0.3 is 5.97 Å². The molecule has 0 fully saturated rings. The summed E-state index contributed by atoms with van der Waals surface area (Å²) in [5, 5.41) is 18.8. The Balaban J connectivity index is 2.18. The molecular formula is C22H26ClNO6. The summed E-state index contributed by atoms with van der Waals surface area (Å²) in [7, 11) is 1.63. The van der Waals surface area contributed by atoms with E-state index in [-0.39, 0.29) is 23.6 Å². The fourth-order valence-electron chi connectivity index (χ4n) is 3.97. The molecule has 0 spiro atoms. The number of carboxylic acid groups (broad SMARTS) is 1. The van der Waals surface area contributed by atoms with Crippen molar-refractivity contribution < 1.29 is 24.5 Å². The lowest BCUT2D eigenvalue weighted by Gasteiger charge is -2.40. The number of benzene rings is 1. The molecule has 30 heavy (non-hydrogen) atoms. The number of hydrogen-bond donors (Lipinski definition) is 2. The van der Waals surface area contributed by atoms with E-state index in [2.05, 4.69) is 0 Å². The molecule has 0 unspecified atom stereocenters. The van der Waals surface area contributed by atoms with Gasteiger partial charge < -0.3 is 24.3 Å². The van der Waals surface area contributed by atoms with Crippen LogP contribution in [0.2, 0.25) is 5.02 Å². The van der Waals surface area contributed by atoms with Crippen LogP contribution >= 0.6 is 11.6 Å². The molecule has 1 aliphatic rings. The molecule has 0 saturated heterocycles. The number of halogens is 1. The highest BCUT2D eigenvalue weighted by atomic mass is 35.5. The van der Waals surface area contributed by atoms with E-state index in [9.17, 15) is 14.7 Å². The SMILES string of the molecule is COCC(C)(C)[C@@H]1Cc2cc(OCCCO)c(Cl)cc2-c2cc(=O)c(C(=O)O)cn21. The second-order valence-electron chi connectivity index (χ2n) is 8.16. The van der Waals surface area contributed by atoms with Crippen LogP contribution in [0, 0.1) is 5.41 Å². The molecule has 1 aromatic carbocycles. The molecule has 0 bridgehead atoms. The minimum Gasteiger partial charge on any atom is -0.492 e. The lowest BCUT2D eigenvalue weighted by molar-refractivity contribution is 0.0615. The van der Waals surface area contributed by atoms with Crippen molar-refractivity contribution in [3.8, 4) is 17.0 Å². The summed E-state index contributed by atoms with van der Waals surface area (Å²) in [4.78, 5) is 24.0. The Kier molecular flexibility index (Phi) is 6.55. The number of fused-ring (bicyclic) bond motifs is 3. The van der Waals surface area contributed by atoms with E-state index in [4.69, 9.17) is 26.2 Å². The fraction of sp³-hybridized carbons (Fsp3) is 0.455. The first-order chi connectivity index (χ1) is 14.2. The Labute approximate surface area is 179 Å². The summed E-state index contributed by atoms with van der Waals surface area (Å²) < 4.78 is 13.0. The number of aromatic carboxylic acids is 1. The van der Waals surface area contributed by atoms with E-state index in [0.717, 1.165) is 11.1 Å². The van der Waals surface area contributed by atoms with Crippen molar-refractivity contribution >= 4 is 17.6 Å². The van der Waals surface area contributed by atoms with E-state index >= 15 is 0 Å². The zero-order chi connectivity index (χ0) is 22.1. The molecule has 1 aliphatic heterocycles. The molecule has 2 aromatic rings. The van der Waals surface area contributed by atoms with Crippen molar-refractivity contribution in [1.29, 1.82) is 0 Å². The highest BCUT2D eigenvalue weighted by Gasteiger charge is 2.37. The van der Waals surface area contributed by atoms with Gasteiger partial charge in [0.15, 0.2) is 5.43 Å². The zero-order valence-electron chi connectivity index (χ0n) is 17.3.